The molecule has 0 aliphatic carbocycles. The van der Waals surface area contributed by atoms with Crippen molar-refractivity contribution in [2.24, 2.45) is 11.7 Å². The quantitative estimate of drug-likeness (QED) is 0.250. The number of aliphatic carboxylic acids is 1. The smallest absolute Gasteiger partial charge is 0.327 e. The Balaban J connectivity index is 2.87. The van der Waals surface area contributed by atoms with Crippen LogP contribution in [0.15, 0.2) is 0 Å². The fourth-order valence-electron chi connectivity index (χ4n) is 3.02. The van der Waals surface area contributed by atoms with Gasteiger partial charge in [-0.1, -0.05) is 13.8 Å². The van der Waals surface area contributed by atoms with E-state index in [1.54, 1.807) is 0 Å². The maximum Gasteiger partial charge on any atom is 0.327 e. The molecule has 3 amide bonds. The summed E-state index contributed by atoms with van der Waals surface area (Å²) in [5.41, 5.74) is 5.75. The van der Waals surface area contributed by atoms with Gasteiger partial charge in [0.05, 0.1) is 6.04 Å². The van der Waals surface area contributed by atoms with Gasteiger partial charge in [-0.25, -0.2) is 4.79 Å². The number of likely N-dealkylation sites (tertiary alicyclic amines) is 1. The van der Waals surface area contributed by atoms with Crippen LogP contribution in [0.25, 0.3) is 0 Å². The predicted octanol–water partition coefficient (Wildman–Crippen LogP) is -0.735. The van der Waals surface area contributed by atoms with Gasteiger partial charge < -0.3 is 26.4 Å². The highest BCUT2D eigenvalue weighted by Gasteiger charge is 2.37. The van der Waals surface area contributed by atoms with Gasteiger partial charge in [0.1, 0.15) is 18.1 Å². The number of hydrogen-bond donors (Lipinski definition) is 6. The van der Waals surface area contributed by atoms with Crippen molar-refractivity contribution < 1.29 is 24.3 Å². The van der Waals surface area contributed by atoms with E-state index in [9.17, 15) is 19.2 Å². The Morgan fingerprint density at radius 2 is 1.79 bits per heavy atom. The standard InChI is InChI=1S/C17H30N4O5S2/c1-9(2)6-11(14(22)20-12(8-28)17(25)26)19-15(23)13-4-3-5-21(13)16(24)10(18)7-27/h9-13,27-28H,3-8,18H2,1-2H3,(H,19,23)(H,20,22)(H,25,26). The molecule has 0 aromatic rings. The van der Waals surface area contributed by atoms with E-state index in [1.807, 2.05) is 13.8 Å². The molecule has 0 spiro atoms. The molecule has 4 unspecified atom stereocenters. The zero-order chi connectivity index (χ0) is 21.4. The molecule has 0 radical (unpaired) electrons. The van der Waals surface area contributed by atoms with E-state index in [1.165, 1.54) is 4.90 Å². The zero-order valence-electron chi connectivity index (χ0n) is 16.1. The van der Waals surface area contributed by atoms with Crippen molar-refractivity contribution >= 4 is 48.9 Å². The van der Waals surface area contributed by atoms with Crippen molar-refractivity contribution in [3.8, 4) is 0 Å². The largest absolute Gasteiger partial charge is 0.480 e. The molecule has 5 N–H and O–H groups in total. The third-order valence-corrected chi connectivity index (χ3v) is 5.25. The lowest BCUT2D eigenvalue weighted by Crippen LogP contribution is -2.57. The van der Waals surface area contributed by atoms with Crippen LogP contribution in [0.4, 0.5) is 0 Å². The summed E-state index contributed by atoms with van der Waals surface area (Å²) in [5.74, 6) is -2.42. The molecule has 0 bridgehead atoms. The maximum absolute atomic E-state index is 12.8. The average molecular weight is 435 g/mol. The van der Waals surface area contributed by atoms with Crippen molar-refractivity contribution in [2.75, 3.05) is 18.1 Å². The van der Waals surface area contributed by atoms with Gasteiger partial charge in [0.25, 0.3) is 0 Å². The monoisotopic (exact) mass is 434 g/mol. The van der Waals surface area contributed by atoms with Crippen molar-refractivity contribution in [2.45, 2.75) is 57.3 Å². The summed E-state index contributed by atoms with van der Waals surface area (Å²) < 4.78 is 0. The van der Waals surface area contributed by atoms with Crippen LogP contribution < -0.4 is 16.4 Å². The van der Waals surface area contributed by atoms with Crippen LogP contribution in [0.3, 0.4) is 0 Å². The summed E-state index contributed by atoms with van der Waals surface area (Å²) in [5, 5.41) is 14.2. The Hall–Kier alpha value is -1.46. The van der Waals surface area contributed by atoms with Gasteiger partial charge in [-0.05, 0) is 25.2 Å². The third kappa shape index (κ3) is 6.85. The number of amides is 3. The number of rotatable bonds is 10. The highest BCUT2D eigenvalue weighted by Crippen LogP contribution is 2.19. The van der Waals surface area contributed by atoms with Crippen LogP contribution in [0.2, 0.25) is 0 Å². The molecule has 1 saturated heterocycles. The number of carboxylic acids is 1. The molecule has 1 aliphatic rings. The minimum atomic E-state index is -1.20. The number of nitrogens with two attached hydrogens (primary N) is 1. The fourth-order valence-corrected chi connectivity index (χ4v) is 3.43. The van der Waals surface area contributed by atoms with Crippen LogP contribution >= 0.6 is 25.3 Å². The lowest BCUT2D eigenvalue weighted by atomic mass is 10.0. The molecular formula is C17H30N4O5S2. The molecule has 28 heavy (non-hydrogen) atoms. The second-order valence-corrected chi connectivity index (χ2v) is 7.98. The van der Waals surface area contributed by atoms with Crippen LogP contribution in [0.1, 0.15) is 33.1 Å². The summed E-state index contributed by atoms with van der Waals surface area (Å²) in [6.07, 6.45) is 1.46. The Kier molecular flexibility index (Phi) is 10.1. The minimum Gasteiger partial charge on any atom is -0.480 e. The Labute approximate surface area is 176 Å². The van der Waals surface area contributed by atoms with E-state index in [0.29, 0.717) is 25.8 Å². The van der Waals surface area contributed by atoms with Gasteiger partial charge in [0.15, 0.2) is 0 Å². The number of hydrogen-bond acceptors (Lipinski definition) is 7. The van der Waals surface area contributed by atoms with E-state index < -0.39 is 42.0 Å². The number of carbonyl (C=O) groups is 4. The van der Waals surface area contributed by atoms with E-state index in [2.05, 4.69) is 35.9 Å². The van der Waals surface area contributed by atoms with E-state index in [4.69, 9.17) is 10.8 Å². The number of thiol groups is 2. The first-order chi connectivity index (χ1) is 13.1. The number of carboxylic acid groups (broad SMARTS) is 1. The molecule has 0 aromatic carbocycles. The molecule has 0 saturated carbocycles. The number of carbonyl (C=O) groups excluding carboxylic acids is 3. The summed E-state index contributed by atoms with van der Waals surface area (Å²) >= 11 is 7.95. The van der Waals surface area contributed by atoms with Crippen LogP contribution in [0, 0.1) is 5.92 Å². The van der Waals surface area contributed by atoms with Crippen molar-refractivity contribution in [3.63, 3.8) is 0 Å². The normalized spacial score (nSPS) is 19.8. The first kappa shape index (κ1) is 24.6. The third-order valence-electron chi connectivity index (χ3n) is 4.49. The summed E-state index contributed by atoms with van der Waals surface area (Å²) in [7, 11) is 0. The number of nitrogens with one attached hydrogen (secondary N) is 2. The molecule has 1 heterocycles. The first-order valence-electron chi connectivity index (χ1n) is 9.23. The molecule has 1 fully saturated rings. The lowest BCUT2D eigenvalue weighted by Gasteiger charge is -2.28. The van der Waals surface area contributed by atoms with E-state index >= 15 is 0 Å². The van der Waals surface area contributed by atoms with Crippen LogP contribution in [0.5, 0.6) is 0 Å². The first-order valence-corrected chi connectivity index (χ1v) is 10.5. The predicted molar refractivity (Wildman–Crippen MR) is 111 cm³/mol. The van der Waals surface area contributed by atoms with E-state index in [-0.39, 0.29) is 23.3 Å². The van der Waals surface area contributed by atoms with Gasteiger partial charge in [-0.15, -0.1) is 0 Å². The van der Waals surface area contributed by atoms with Gasteiger partial charge in [-0.3, -0.25) is 14.4 Å². The molecule has 1 aliphatic heterocycles. The molecule has 9 nitrogen and oxygen atoms in total. The molecule has 11 heteroatoms. The highest BCUT2D eigenvalue weighted by molar-refractivity contribution is 7.80. The van der Waals surface area contributed by atoms with Gasteiger partial charge in [0.2, 0.25) is 17.7 Å². The Morgan fingerprint density at radius 3 is 2.29 bits per heavy atom. The van der Waals surface area contributed by atoms with Crippen LogP contribution in [-0.2, 0) is 19.2 Å². The van der Waals surface area contributed by atoms with Gasteiger partial charge in [-0.2, -0.15) is 25.3 Å². The summed E-state index contributed by atoms with van der Waals surface area (Å²) in [6, 6.07) is -3.56. The molecular weight excluding hydrogens is 404 g/mol. The fraction of sp³-hybridized carbons (Fsp3) is 0.765. The Bertz CT molecular complexity index is 590. The maximum atomic E-state index is 12.8. The number of nitrogens with zero attached hydrogens (tertiary/aromatic N) is 1. The van der Waals surface area contributed by atoms with Crippen molar-refractivity contribution in [1.29, 1.82) is 0 Å². The van der Waals surface area contributed by atoms with Crippen molar-refractivity contribution in [1.82, 2.24) is 15.5 Å². The van der Waals surface area contributed by atoms with Crippen molar-refractivity contribution in [3.05, 3.63) is 0 Å². The molecule has 1 rings (SSSR count). The summed E-state index contributed by atoms with van der Waals surface area (Å²) in [6.45, 7) is 4.19. The van der Waals surface area contributed by atoms with Crippen LogP contribution in [-0.4, -0.2) is 75.9 Å². The van der Waals surface area contributed by atoms with Gasteiger partial charge >= 0.3 is 5.97 Å². The topological polar surface area (TPSA) is 142 Å². The Morgan fingerprint density at radius 1 is 1.14 bits per heavy atom. The second-order valence-electron chi connectivity index (χ2n) is 7.25. The molecule has 4 atom stereocenters. The highest BCUT2D eigenvalue weighted by atomic mass is 32.1. The SMILES string of the molecule is CC(C)CC(NC(=O)C1CCCN1C(=O)C(N)CS)C(=O)NC(CS)C(=O)O. The zero-order valence-corrected chi connectivity index (χ0v) is 17.9. The van der Waals surface area contributed by atoms with E-state index in [0.717, 1.165) is 0 Å². The average Bonchev–Trinajstić information content (AvgIpc) is 3.13. The molecule has 0 aromatic heterocycles. The minimum absolute atomic E-state index is 0.0735. The molecule has 160 valence electrons. The second kappa shape index (κ2) is 11.5. The lowest BCUT2D eigenvalue weighted by molar-refractivity contribution is -0.142. The van der Waals surface area contributed by atoms with Gasteiger partial charge in [0, 0.05) is 18.1 Å². The summed E-state index contributed by atoms with van der Waals surface area (Å²) in [4.78, 5) is 50.3.